The van der Waals surface area contributed by atoms with Crippen LogP contribution >= 0.6 is 0 Å². The van der Waals surface area contributed by atoms with E-state index in [2.05, 4.69) is 23.2 Å². The van der Waals surface area contributed by atoms with Crippen LogP contribution in [0.4, 0.5) is 0 Å². The van der Waals surface area contributed by atoms with Crippen molar-refractivity contribution in [3.63, 3.8) is 0 Å². The van der Waals surface area contributed by atoms with Crippen molar-refractivity contribution in [1.29, 1.82) is 5.26 Å². The lowest BCUT2D eigenvalue weighted by Crippen LogP contribution is -2.47. The summed E-state index contributed by atoms with van der Waals surface area (Å²) in [6, 6.07) is 3.21. The highest BCUT2D eigenvalue weighted by molar-refractivity contribution is 5.13. The van der Waals surface area contributed by atoms with Crippen LogP contribution in [0, 0.1) is 16.7 Å². The van der Waals surface area contributed by atoms with Gasteiger partial charge in [0, 0.05) is 6.04 Å². The van der Waals surface area contributed by atoms with Gasteiger partial charge in [-0.15, -0.1) is 0 Å². The molecule has 0 bridgehead atoms. The Bertz CT molecular complexity index is 384. The van der Waals surface area contributed by atoms with Crippen molar-refractivity contribution < 1.29 is 0 Å². The molecule has 3 fully saturated rings. The predicted molar refractivity (Wildman–Crippen MR) is 86.0 cm³/mol. The number of nitrogens with zero attached hydrogens (tertiary/aromatic N) is 2. The molecule has 2 atom stereocenters. The minimum atomic E-state index is -0.237. The van der Waals surface area contributed by atoms with Crippen LogP contribution in [0.25, 0.3) is 0 Å². The number of piperidine rings is 1. The summed E-state index contributed by atoms with van der Waals surface area (Å²) in [6.07, 6.45) is 13.4. The fourth-order valence-corrected chi connectivity index (χ4v) is 5.14. The molecule has 2 unspecified atom stereocenters. The summed E-state index contributed by atoms with van der Waals surface area (Å²) in [5, 5.41) is 13.0. The van der Waals surface area contributed by atoms with Gasteiger partial charge in [0.25, 0.3) is 0 Å². The molecule has 0 amide bonds. The van der Waals surface area contributed by atoms with E-state index in [1.165, 1.54) is 64.5 Å². The molecule has 118 valence electrons. The van der Waals surface area contributed by atoms with Crippen LogP contribution in [0.15, 0.2) is 0 Å². The zero-order valence-electron chi connectivity index (χ0n) is 13.7. The van der Waals surface area contributed by atoms with Crippen LogP contribution in [-0.2, 0) is 0 Å². The van der Waals surface area contributed by atoms with Gasteiger partial charge in [-0.05, 0) is 70.0 Å². The van der Waals surface area contributed by atoms with Crippen molar-refractivity contribution in [2.24, 2.45) is 5.41 Å². The summed E-state index contributed by atoms with van der Waals surface area (Å²) in [5.74, 6) is 0. The van der Waals surface area contributed by atoms with E-state index < -0.39 is 0 Å². The first-order chi connectivity index (χ1) is 10.2. The lowest BCUT2D eigenvalue weighted by Gasteiger charge is -2.46. The highest BCUT2D eigenvalue weighted by Crippen LogP contribution is 2.46. The molecule has 0 aromatic rings. The number of likely N-dealkylation sites (tertiary alicyclic amines) is 1. The molecule has 21 heavy (non-hydrogen) atoms. The molecule has 1 aliphatic heterocycles. The van der Waals surface area contributed by atoms with E-state index in [-0.39, 0.29) is 5.54 Å². The molecule has 1 spiro atoms. The molecule has 3 aliphatic rings. The number of nitrogens with one attached hydrogen (secondary N) is 1. The number of rotatable bonds is 3. The third-order valence-corrected chi connectivity index (χ3v) is 6.51. The van der Waals surface area contributed by atoms with Crippen LogP contribution in [0.2, 0.25) is 0 Å². The fraction of sp³-hybridized carbons (Fsp3) is 0.944. The fourth-order valence-electron chi connectivity index (χ4n) is 5.14. The monoisotopic (exact) mass is 289 g/mol. The smallest absolute Gasteiger partial charge is 0.108 e. The van der Waals surface area contributed by atoms with Gasteiger partial charge < -0.3 is 4.90 Å². The third-order valence-electron chi connectivity index (χ3n) is 6.51. The molecule has 1 N–H and O–H groups in total. The largest absolute Gasteiger partial charge is 0.300 e. The molecular weight excluding hydrogens is 258 g/mol. The zero-order chi connectivity index (χ0) is 14.8. The van der Waals surface area contributed by atoms with E-state index in [0.717, 1.165) is 19.4 Å². The Morgan fingerprint density at radius 1 is 1.10 bits per heavy atom. The summed E-state index contributed by atoms with van der Waals surface area (Å²) in [5.41, 5.74) is 0.459. The average molecular weight is 289 g/mol. The van der Waals surface area contributed by atoms with Gasteiger partial charge in [-0.1, -0.05) is 26.2 Å². The SMILES string of the molecule is CCNC1(C#N)CCC(N2CCC3(CCCCC3)CC2)C1. The van der Waals surface area contributed by atoms with E-state index in [4.69, 9.17) is 0 Å². The van der Waals surface area contributed by atoms with E-state index in [9.17, 15) is 5.26 Å². The van der Waals surface area contributed by atoms with Crippen LogP contribution in [0.5, 0.6) is 0 Å². The molecule has 0 aromatic heterocycles. The van der Waals surface area contributed by atoms with E-state index in [1.807, 2.05) is 0 Å². The summed E-state index contributed by atoms with van der Waals surface area (Å²) >= 11 is 0. The first-order valence-corrected chi connectivity index (χ1v) is 9.11. The summed E-state index contributed by atoms with van der Waals surface area (Å²) in [6.45, 7) is 5.57. The van der Waals surface area contributed by atoms with Gasteiger partial charge in [-0.25, -0.2) is 0 Å². The third kappa shape index (κ3) is 3.12. The summed E-state index contributed by atoms with van der Waals surface area (Å²) in [4.78, 5) is 2.70. The second kappa shape index (κ2) is 6.26. The van der Waals surface area contributed by atoms with Gasteiger partial charge in [0.15, 0.2) is 0 Å². The first kappa shape index (κ1) is 15.3. The molecule has 1 heterocycles. The molecule has 3 heteroatoms. The van der Waals surface area contributed by atoms with Gasteiger partial charge in [0.05, 0.1) is 6.07 Å². The molecule has 1 saturated heterocycles. The number of hydrogen-bond acceptors (Lipinski definition) is 3. The van der Waals surface area contributed by atoms with Gasteiger partial charge >= 0.3 is 0 Å². The zero-order valence-corrected chi connectivity index (χ0v) is 13.7. The molecule has 2 aliphatic carbocycles. The second-order valence-corrected chi connectivity index (χ2v) is 7.72. The maximum absolute atomic E-state index is 9.53. The Kier molecular flexibility index (Phi) is 4.57. The van der Waals surface area contributed by atoms with Gasteiger partial charge in [0.1, 0.15) is 5.54 Å². The second-order valence-electron chi connectivity index (χ2n) is 7.72. The van der Waals surface area contributed by atoms with Crippen LogP contribution < -0.4 is 5.32 Å². The van der Waals surface area contributed by atoms with Gasteiger partial charge in [-0.2, -0.15) is 5.26 Å². The van der Waals surface area contributed by atoms with E-state index in [0.29, 0.717) is 11.5 Å². The number of nitriles is 1. The Morgan fingerprint density at radius 2 is 1.81 bits per heavy atom. The Morgan fingerprint density at radius 3 is 2.43 bits per heavy atom. The quantitative estimate of drug-likeness (QED) is 0.865. The molecular formula is C18H31N3. The van der Waals surface area contributed by atoms with Crippen LogP contribution in [0.1, 0.15) is 71.1 Å². The summed E-state index contributed by atoms with van der Waals surface area (Å²) < 4.78 is 0. The van der Waals surface area contributed by atoms with Crippen molar-refractivity contribution in [1.82, 2.24) is 10.2 Å². The van der Waals surface area contributed by atoms with Crippen molar-refractivity contribution in [2.75, 3.05) is 19.6 Å². The predicted octanol–water partition coefficient (Wildman–Crippen LogP) is 3.46. The number of hydrogen-bond donors (Lipinski definition) is 1. The van der Waals surface area contributed by atoms with E-state index in [1.54, 1.807) is 0 Å². The minimum Gasteiger partial charge on any atom is -0.300 e. The molecule has 2 saturated carbocycles. The Hall–Kier alpha value is -0.590. The average Bonchev–Trinajstić information content (AvgIpc) is 2.94. The molecule has 0 radical (unpaired) electrons. The lowest BCUT2D eigenvalue weighted by atomic mass is 9.68. The van der Waals surface area contributed by atoms with Crippen molar-refractivity contribution in [3.05, 3.63) is 0 Å². The van der Waals surface area contributed by atoms with Crippen molar-refractivity contribution in [3.8, 4) is 6.07 Å². The topological polar surface area (TPSA) is 39.1 Å². The van der Waals surface area contributed by atoms with Gasteiger partial charge in [0.2, 0.25) is 0 Å². The Labute approximate surface area is 130 Å². The maximum atomic E-state index is 9.53. The van der Waals surface area contributed by atoms with Crippen molar-refractivity contribution >= 4 is 0 Å². The van der Waals surface area contributed by atoms with Crippen LogP contribution in [0.3, 0.4) is 0 Å². The Balaban J connectivity index is 1.55. The summed E-state index contributed by atoms with van der Waals surface area (Å²) in [7, 11) is 0. The first-order valence-electron chi connectivity index (χ1n) is 9.11. The van der Waals surface area contributed by atoms with Crippen molar-refractivity contribution in [2.45, 2.75) is 82.7 Å². The van der Waals surface area contributed by atoms with Crippen LogP contribution in [-0.4, -0.2) is 36.1 Å². The minimum absolute atomic E-state index is 0.237. The normalized spacial score (nSPS) is 36.7. The van der Waals surface area contributed by atoms with E-state index >= 15 is 0 Å². The van der Waals surface area contributed by atoms with Gasteiger partial charge in [-0.3, -0.25) is 5.32 Å². The molecule has 3 nitrogen and oxygen atoms in total. The standard InChI is InChI=1S/C18H31N3/c1-2-20-18(15-19)9-6-16(14-18)21-12-10-17(11-13-21)7-4-3-5-8-17/h16,20H,2-14H2,1H3. The highest BCUT2D eigenvalue weighted by atomic mass is 15.2. The molecule has 3 rings (SSSR count). The molecule has 0 aromatic carbocycles. The highest BCUT2D eigenvalue weighted by Gasteiger charge is 2.43. The maximum Gasteiger partial charge on any atom is 0.108 e. The lowest BCUT2D eigenvalue weighted by molar-refractivity contribution is 0.0452.